The summed E-state index contributed by atoms with van der Waals surface area (Å²) >= 11 is 3.43. The van der Waals surface area contributed by atoms with Gasteiger partial charge in [-0.2, -0.15) is 0 Å². The number of oxazole rings is 1. The standard InChI is InChI=1S/C14H16BrNO2S/c1-9-10(2)18-14(16-9)8-19(17)11(3)12-5-4-6-13(15)7-12/h4-7,11H,8H2,1-3H3/t11-,19+/m1/s1. The zero-order chi connectivity index (χ0) is 14.0. The first kappa shape index (κ1) is 14.5. The summed E-state index contributed by atoms with van der Waals surface area (Å²) in [5.74, 6) is 1.69. The van der Waals surface area contributed by atoms with Gasteiger partial charge in [0.25, 0.3) is 0 Å². The van der Waals surface area contributed by atoms with Gasteiger partial charge in [0.2, 0.25) is 5.89 Å². The van der Waals surface area contributed by atoms with Crippen molar-refractivity contribution in [1.29, 1.82) is 0 Å². The number of hydrogen-bond acceptors (Lipinski definition) is 3. The maximum atomic E-state index is 12.3. The number of halogens is 1. The first-order valence-electron chi connectivity index (χ1n) is 6.03. The molecule has 0 fully saturated rings. The second kappa shape index (κ2) is 6.01. The smallest absolute Gasteiger partial charge is 0.207 e. The Balaban J connectivity index is 2.11. The molecule has 0 amide bonds. The Labute approximate surface area is 124 Å². The van der Waals surface area contributed by atoms with Crippen molar-refractivity contribution in [3.8, 4) is 0 Å². The molecule has 0 aliphatic rings. The molecular formula is C14H16BrNO2S. The lowest BCUT2D eigenvalue weighted by molar-refractivity contribution is 0.487. The van der Waals surface area contributed by atoms with E-state index in [2.05, 4.69) is 20.9 Å². The van der Waals surface area contributed by atoms with Crippen molar-refractivity contribution in [3.05, 3.63) is 51.6 Å². The fourth-order valence-corrected chi connectivity index (χ4v) is 3.24. The Morgan fingerprint density at radius 1 is 1.42 bits per heavy atom. The fourth-order valence-electron chi connectivity index (χ4n) is 1.76. The SMILES string of the molecule is Cc1nc(C[S@](=O)[C@H](C)c2cccc(Br)c2)oc1C. The predicted octanol–water partition coefficient (Wildman–Crippen LogP) is 4.06. The van der Waals surface area contributed by atoms with Crippen LogP contribution in [-0.4, -0.2) is 9.19 Å². The van der Waals surface area contributed by atoms with Crippen molar-refractivity contribution in [3.63, 3.8) is 0 Å². The summed E-state index contributed by atoms with van der Waals surface area (Å²) in [6.07, 6.45) is 0. The molecule has 2 aromatic rings. The van der Waals surface area contributed by atoms with E-state index >= 15 is 0 Å². The molecule has 0 radical (unpaired) electrons. The van der Waals surface area contributed by atoms with Gasteiger partial charge in [0.05, 0.1) is 10.9 Å². The summed E-state index contributed by atoms with van der Waals surface area (Å²) in [4.78, 5) is 4.27. The molecule has 0 saturated heterocycles. The third-order valence-electron chi connectivity index (χ3n) is 3.05. The van der Waals surface area contributed by atoms with E-state index in [1.807, 2.05) is 45.0 Å². The molecule has 1 heterocycles. The molecule has 102 valence electrons. The topological polar surface area (TPSA) is 43.1 Å². The summed E-state index contributed by atoms with van der Waals surface area (Å²) in [6.45, 7) is 5.72. The minimum Gasteiger partial charge on any atom is -0.445 e. The van der Waals surface area contributed by atoms with Crippen LogP contribution >= 0.6 is 15.9 Å². The van der Waals surface area contributed by atoms with Gasteiger partial charge < -0.3 is 4.42 Å². The molecule has 1 aromatic heterocycles. The summed E-state index contributed by atoms with van der Waals surface area (Å²) in [6, 6.07) is 7.89. The van der Waals surface area contributed by atoms with Crippen LogP contribution in [0.1, 0.15) is 35.1 Å². The van der Waals surface area contributed by atoms with Crippen LogP contribution in [0.2, 0.25) is 0 Å². The van der Waals surface area contributed by atoms with Crippen LogP contribution in [-0.2, 0) is 16.6 Å². The molecule has 2 rings (SSSR count). The molecule has 0 bridgehead atoms. The Morgan fingerprint density at radius 2 is 2.16 bits per heavy atom. The maximum absolute atomic E-state index is 12.3. The van der Waals surface area contributed by atoms with Crippen molar-refractivity contribution < 1.29 is 8.63 Å². The number of aryl methyl sites for hydroxylation is 2. The lowest BCUT2D eigenvalue weighted by Crippen LogP contribution is -2.05. The van der Waals surface area contributed by atoms with Gasteiger partial charge in [-0.25, -0.2) is 4.98 Å². The van der Waals surface area contributed by atoms with Crippen LogP contribution in [0.4, 0.5) is 0 Å². The Morgan fingerprint density at radius 3 is 2.74 bits per heavy atom. The fraction of sp³-hybridized carbons (Fsp3) is 0.357. The highest BCUT2D eigenvalue weighted by Crippen LogP contribution is 2.24. The molecule has 0 aliphatic heterocycles. The maximum Gasteiger partial charge on any atom is 0.207 e. The van der Waals surface area contributed by atoms with E-state index in [1.165, 1.54) is 0 Å². The van der Waals surface area contributed by atoms with Crippen LogP contribution in [0.15, 0.2) is 33.2 Å². The summed E-state index contributed by atoms with van der Waals surface area (Å²) in [5, 5.41) is -0.0509. The average Bonchev–Trinajstić information content (AvgIpc) is 2.67. The molecule has 3 nitrogen and oxygen atoms in total. The Bertz CT molecular complexity index is 590. The summed E-state index contributed by atoms with van der Waals surface area (Å²) in [7, 11) is -1.05. The van der Waals surface area contributed by atoms with Crippen molar-refractivity contribution in [2.45, 2.75) is 31.8 Å². The van der Waals surface area contributed by atoms with E-state index in [1.54, 1.807) is 0 Å². The largest absolute Gasteiger partial charge is 0.445 e. The van der Waals surface area contributed by atoms with E-state index in [0.717, 1.165) is 21.5 Å². The van der Waals surface area contributed by atoms with Gasteiger partial charge in [-0.15, -0.1) is 0 Å². The number of benzene rings is 1. The molecule has 5 heteroatoms. The number of rotatable bonds is 4. The predicted molar refractivity (Wildman–Crippen MR) is 80.4 cm³/mol. The van der Waals surface area contributed by atoms with Gasteiger partial charge in [0.15, 0.2) is 0 Å². The highest BCUT2D eigenvalue weighted by Gasteiger charge is 2.17. The van der Waals surface area contributed by atoms with Crippen LogP contribution in [0.5, 0.6) is 0 Å². The molecule has 0 spiro atoms. The van der Waals surface area contributed by atoms with E-state index in [-0.39, 0.29) is 5.25 Å². The molecule has 0 saturated carbocycles. The van der Waals surface area contributed by atoms with Crippen LogP contribution in [0.25, 0.3) is 0 Å². The minimum absolute atomic E-state index is 0.0509. The highest BCUT2D eigenvalue weighted by molar-refractivity contribution is 9.10. The number of aromatic nitrogens is 1. The third kappa shape index (κ3) is 3.54. The van der Waals surface area contributed by atoms with Crippen molar-refractivity contribution in [2.75, 3.05) is 0 Å². The van der Waals surface area contributed by atoms with Gasteiger partial charge in [-0.1, -0.05) is 28.1 Å². The number of nitrogens with zero attached hydrogens (tertiary/aromatic N) is 1. The molecular weight excluding hydrogens is 326 g/mol. The second-order valence-corrected chi connectivity index (χ2v) is 7.14. The zero-order valence-corrected chi connectivity index (χ0v) is 13.5. The average molecular weight is 342 g/mol. The Kier molecular flexibility index (Phi) is 4.58. The minimum atomic E-state index is -1.05. The van der Waals surface area contributed by atoms with E-state index in [4.69, 9.17) is 4.42 Å². The first-order valence-corrected chi connectivity index (χ1v) is 8.20. The van der Waals surface area contributed by atoms with Gasteiger partial charge in [0, 0.05) is 15.3 Å². The van der Waals surface area contributed by atoms with Crippen molar-refractivity contribution >= 4 is 26.7 Å². The van der Waals surface area contributed by atoms with Gasteiger partial charge >= 0.3 is 0 Å². The monoisotopic (exact) mass is 341 g/mol. The molecule has 0 unspecified atom stereocenters. The van der Waals surface area contributed by atoms with Gasteiger partial charge in [0.1, 0.15) is 11.5 Å². The normalized spacial score (nSPS) is 14.3. The molecule has 2 atom stereocenters. The lowest BCUT2D eigenvalue weighted by atomic mass is 10.2. The van der Waals surface area contributed by atoms with E-state index in [0.29, 0.717) is 11.6 Å². The van der Waals surface area contributed by atoms with E-state index < -0.39 is 10.8 Å². The molecule has 1 aromatic carbocycles. The molecule has 19 heavy (non-hydrogen) atoms. The third-order valence-corrected chi connectivity index (χ3v) is 5.14. The Hall–Kier alpha value is -0.940. The molecule has 0 N–H and O–H groups in total. The summed E-state index contributed by atoms with van der Waals surface area (Å²) < 4.78 is 18.8. The van der Waals surface area contributed by atoms with E-state index in [9.17, 15) is 4.21 Å². The van der Waals surface area contributed by atoms with Crippen molar-refractivity contribution in [1.82, 2.24) is 4.98 Å². The van der Waals surface area contributed by atoms with Crippen LogP contribution in [0.3, 0.4) is 0 Å². The zero-order valence-electron chi connectivity index (χ0n) is 11.1. The number of hydrogen-bond donors (Lipinski definition) is 0. The van der Waals surface area contributed by atoms with Crippen LogP contribution < -0.4 is 0 Å². The quantitative estimate of drug-likeness (QED) is 0.841. The second-order valence-electron chi connectivity index (χ2n) is 4.47. The van der Waals surface area contributed by atoms with Gasteiger partial charge in [-0.3, -0.25) is 4.21 Å². The molecule has 0 aliphatic carbocycles. The van der Waals surface area contributed by atoms with Crippen LogP contribution in [0, 0.1) is 13.8 Å². The summed E-state index contributed by atoms with van der Waals surface area (Å²) in [5.41, 5.74) is 1.91. The lowest BCUT2D eigenvalue weighted by Gasteiger charge is -2.10. The highest BCUT2D eigenvalue weighted by atomic mass is 79.9. The van der Waals surface area contributed by atoms with Gasteiger partial charge in [-0.05, 0) is 38.5 Å². The van der Waals surface area contributed by atoms with Crippen molar-refractivity contribution in [2.24, 2.45) is 0 Å². The first-order chi connectivity index (χ1) is 8.97.